The predicted molar refractivity (Wildman–Crippen MR) is 74.5 cm³/mol. The molecule has 4 nitrogen and oxygen atoms in total. The molecule has 104 valence electrons. The molecule has 2 N–H and O–H groups in total. The molecule has 2 unspecified atom stereocenters. The van der Waals surface area contributed by atoms with Gasteiger partial charge >= 0.3 is 5.97 Å². The number of hydrogen-bond donors (Lipinski definition) is 2. The van der Waals surface area contributed by atoms with E-state index in [0.717, 1.165) is 24.8 Å². The maximum absolute atomic E-state index is 12.3. The number of thiophene rings is 1. The average Bonchev–Trinajstić information content (AvgIpc) is 2.85. The van der Waals surface area contributed by atoms with Crippen molar-refractivity contribution in [3.63, 3.8) is 0 Å². The van der Waals surface area contributed by atoms with E-state index >= 15 is 0 Å². The van der Waals surface area contributed by atoms with Crippen molar-refractivity contribution < 1.29 is 14.7 Å². The number of carboxylic acids is 1. The third kappa shape index (κ3) is 3.35. The van der Waals surface area contributed by atoms with Gasteiger partial charge in [-0.2, -0.15) is 0 Å². The Labute approximate surface area is 116 Å². The highest BCUT2D eigenvalue weighted by molar-refractivity contribution is 7.10. The first kappa shape index (κ1) is 14.1. The van der Waals surface area contributed by atoms with Gasteiger partial charge in [0, 0.05) is 10.9 Å². The number of rotatable bonds is 5. The first-order chi connectivity index (χ1) is 9.11. The fraction of sp³-hybridized carbons (Fsp3) is 0.571. The van der Waals surface area contributed by atoms with E-state index in [1.807, 2.05) is 18.4 Å². The van der Waals surface area contributed by atoms with Crippen molar-refractivity contribution in [1.82, 2.24) is 5.32 Å². The van der Waals surface area contributed by atoms with E-state index < -0.39 is 5.97 Å². The number of amides is 1. The molecule has 1 aliphatic rings. The first-order valence-electron chi connectivity index (χ1n) is 6.70. The number of hydrogen-bond acceptors (Lipinski definition) is 3. The zero-order valence-corrected chi connectivity index (χ0v) is 11.8. The lowest BCUT2D eigenvalue weighted by Gasteiger charge is -2.24. The van der Waals surface area contributed by atoms with Crippen molar-refractivity contribution in [2.75, 3.05) is 0 Å². The molecule has 1 aromatic rings. The number of aliphatic carboxylic acids is 1. The maximum atomic E-state index is 12.3. The molecule has 1 aliphatic carbocycles. The third-order valence-electron chi connectivity index (χ3n) is 3.63. The van der Waals surface area contributed by atoms with E-state index in [0.29, 0.717) is 6.42 Å². The molecule has 0 spiro atoms. The van der Waals surface area contributed by atoms with Crippen molar-refractivity contribution in [2.24, 2.45) is 0 Å². The van der Waals surface area contributed by atoms with Crippen LogP contribution in [0.4, 0.5) is 0 Å². The molecule has 1 aromatic heterocycles. The lowest BCUT2D eigenvalue weighted by Crippen LogP contribution is -2.39. The SMILES string of the molecule is CCC(CC(=O)O)NC(=O)C1CCCc2sccc21. The molecular weight excluding hydrogens is 262 g/mol. The van der Waals surface area contributed by atoms with Gasteiger partial charge in [0.1, 0.15) is 0 Å². The summed E-state index contributed by atoms with van der Waals surface area (Å²) in [5.41, 5.74) is 1.14. The van der Waals surface area contributed by atoms with Crippen LogP contribution in [0.15, 0.2) is 11.4 Å². The molecule has 0 aliphatic heterocycles. The van der Waals surface area contributed by atoms with Gasteiger partial charge in [-0.05, 0) is 42.7 Å². The van der Waals surface area contributed by atoms with E-state index in [9.17, 15) is 9.59 Å². The molecule has 0 aromatic carbocycles. The van der Waals surface area contributed by atoms with Crippen LogP contribution in [0.1, 0.15) is 49.0 Å². The van der Waals surface area contributed by atoms with Gasteiger partial charge in [-0.25, -0.2) is 0 Å². The molecule has 1 amide bonds. The van der Waals surface area contributed by atoms with Gasteiger partial charge in [-0.15, -0.1) is 11.3 Å². The zero-order valence-electron chi connectivity index (χ0n) is 11.0. The molecule has 0 saturated carbocycles. The summed E-state index contributed by atoms with van der Waals surface area (Å²) in [5, 5.41) is 13.7. The first-order valence-corrected chi connectivity index (χ1v) is 7.58. The van der Waals surface area contributed by atoms with E-state index in [2.05, 4.69) is 5.32 Å². The van der Waals surface area contributed by atoms with Gasteiger partial charge in [0.05, 0.1) is 12.3 Å². The Morgan fingerprint density at radius 3 is 3.05 bits per heavy atom. The Bertz CT molecular complexity index is 469. The van der Waals surface area contributed by atoms with Gasteiger partial charge < -0.3 is 10.4 Å². The molecule has 1 heterocycles. The van der Waals surface area contributed by atoms with E-state index in [1.54, 1.807) is 11.3 Å². The number of nitrogens with one attached hydrogen (secondary N) is 1. The van der Waals surface area contributed by atoms with Crippen LogP contribution in [0.2, 0.25) is 0 Å². The zero-order chi connectivity index (χ0) is 13.8. The molecule has 0 radical (unpaired) electrons. The summed E-state index contributed by atoms with van der Waals surface area (Å²) < 4.78 is 0. The van der Waals surface area contributed by atoms with E-state index in [-0.39, 0.29) is 24.3 Å². The minimum absolute atomic E-state index is 0.00848. The van der Waals surface area contributed by atoms with Crippen molar-refractivity contribution >= 4 is 23.2 Å². The standard InChI is InChI=1S/C14H19NO3S/c1-2-9(8-13(16)17)15-14(18)11-4-3-5-12-10(11)6-7-19-12/h6-7,9,11H,2-5,8H2,1H3,(H,15,18)(H,16,17). The van der Waals surface area contributed by atoms with Crippen molar-refractivity contribution in [2.45, 2.75) is 51.0 Å². The normalized spacial score (nSPS) is 19.5. The number of carboxylic acid groups (broad SMARTS) is 1. The highest BCUT2D eigenvalue weighted by Gasteiger charge is 2.28. The minimum atomic E-state index is -0.869. The number of carbonyl (C=O) groups is 2. The Morgan fingerprint density at radius 2 is 2.37 bits per heavy atom. The fourth-order valence-electron chi connectivity index (χ4n) is 2.57. The lowest BCUT2D eigenvalue weighted by atomic mass is 9.87. The molecule has 0 bridgehead atoms. The second-order valence-electron chi connectivity index (χ2n) is 4.96. The topological polar surface area (TPSA) is 66.4 Å². The van der Waals surface area contributed by atoms with Crippen LogP contribution in [0.25, 0.3) is 0 Å². The second-order valence-corrected chi connectivity index (χ2v) is 5.96. The molecule has 2 atom stereocenters. The summed E-state index contributed by atoms with van der Waals surface area (Å²) in [7, 11) is 0. The lowest BCUT2D eigenvalue weighted by molar-refractivity contribution is -0.137. The molecule has 0 saturated heterocycles. The quantitative estimate of drug-likeness (QED) is 0.871. The highest BCUT2D eigenvalue weighted by atomic mass is 32.1. The van der Waals surface area contributed by atoms with Crippen LogP contribution in [-0.2, 0) is 16.0 Å². The maximum Gasteiger partial charge on any atom is 0.305 e. The Kier molecular flexibility index (Phi) is 4.58. The molecule has 5 heteroatoms. The highest BCUT2D eigenvalue weighted by Crippen LogP contribution is 2.35. The molecule has 0 fully saturated rings. The largest absolute Gasteiger partial charge is 0.481 e. The summed E-state index contributed by atoms with van der Waals surface area (Å²) in [6.45, 7) is 1.89. The van der Waals surface area contributed by atoms with Crippen molar-refractivity contribution in [1.29, 1.82) is 0 Å². The predicted octanol–water partition coefficient (Wildman–Crippen LogP) is 2.54. The Hall–Kier alpha value is -1.36. The molecular formula is C14H19NO3S. The molecule has 2 rings (SSSR count). The summed E-state index contributed by atoms with van der Waals surface area (Å²) in [6.07, 6.45) is 3.58. The van der Waals surface area contributed by atoms with Crippen LogP contribution >= 0.6 is 11.3 Å². The summed E-state index contributed by atoms with van der Waals surface area (Å²) in [4.78, 5) is 24.3. The van der Waals surface area contributed by atoms with E-state index in [1.165, 1.54) is 4.88 Å². The van der Waals surface area contributed by atoms with Crippen molar-refractivity contribution in [3.8, 4) is 0 Å². The van der Waals surface area contributed by atoms with Crippen LogP contribution in [-0.4, -0.2) is 23.0 Å². The van der Waals surface area contributed by atoms with Gasteiger partial charge in [0.15, 0.2) is 0 Å². The van der Waals surface area contributed by atoms with Crippen LogP contribution in [0.3, 0.4) is 0 Å². The van der Waals surface area contributed by atoms with Gasteiger partial charge in [-0.3, -0.25) is 9.59 Å². The number of aryl methyl sites for hydroxylation is 1. The monoisotopic (exact) mass is 281 g/mol. The molecule has 19 heavy (non-hydrogen) atoms. The summed E-state index contributed by atoms with van der Waals surface area (Å²) in [6, 6.07) is 1.76. The van der Waals surface area contributed by atoms with Crippen LogP contribution < -0.4 is 5.32 Å². The van der Waals surface area contributed by atoms with E-state index in [4.69, 9.17) is 5.11 Å². The van der Waals surface area contributed by atoms with Gasteiger partial charge in [0.25, 0.3) is 0 Å². The van der Waals surface area contributed by atoms with Gasteiger partial charge in [0.2, 0.25) is 5.91 Å². The van der Waals surface area contributed by atoms with Crippen LogP contribution in [0.5, 0.6) is 0 Å². The average molecular weight is 281 g/mol. The van der Waals surface area contributed by atoms with Gasteiger partial charge in [-0.1, -0.05) is 6.92 Å². The minimum Gasteiger partial charge on any atom is -0.481 e. The third-order valence-corrected chi connectivity index (χ3v) is 4.63. The number of fused-ring (bicyclic) bond motifs is 1. The summed E-state index contributed by atoms with van der Waals surface area (Å²) in [5.74, 6) is -0.989. The number of carbonyl (C=O) groups excluding carboxylic acids is 1. The fourth-order valence-corrected chi connectivity index (χ4v) is 3.56. The van der Waals surface area contributed by atoms with Crippen LogP contribution in [0, 0.1) is 0 Å². The Morgan fingerprint density at radius 1 is 1.58 bits per heavy atom. The smallest absolute Gasteiger partial charge is 0.305 e. The van der Waals surface area contributed by atoms with Crippen molar-refractivity contribution in [3.05, 3.63) is 21.9 Å². The Balaban J connectivity index is 2.03. The summed E-state index contributed by atoms with van der Waals surface area (Å²) >= 11 is 1.71. The second kappa shape index (κ2) is 6.19.